The molecular formula is C13H17N3O3. The lowest BCUT2D eigenvalue weighted by Crippen LogP contribution is -2.55. The molecule has 1 aromatic rings. The molecule has 2 fully saturated rings. The number of hydrogen-bond acceptors (Lipinski definition) is 4. The zero-order valence-electron chi connectivity index (χ0n) is 10.5. The van der Waals surface area contributed by atoms with Crippen LogP contribution >= 0.6 is 0 Å². The van der Waals surface area contributed by atoms with Crippen molar-refractivity contribution < 1.29 is 15.0 Å². The smallest absolute Gasteiger partial charge is 0.407 e. The van der Waals surface area contributed by atoms with Crippen molar-refractivity contribution in [1.82, 2.24) is 4.90 Å². The van der Waals surface area contributed by atoms with Gasteiger partial charge < -0.3 is 20.8 Å². The number of fused-ring (bicyclic) bond motifs is 2. The number of amides is 1. The molecule has 2 aliphatic heterocycles. The van der Waals surface area contributed by atoms with E-state index in [0.717, 1.165) is 18.5 Å². The van der Waals surface area contributed by atoms with Crippen LogP contribution in [0.3, 0.4) is 0 Å². The normalized spacial score (nSPS) is 25.7. The average molecular weight is 263 g/mol. The van der Waals surface area contributed by atoms with E-state index in [-0.39, 0.29) is 17.8 Å². The van der Waals surface area contributed by atoms with Gasteiger partial charge in [0.1, 0.15) is 5.75 Å². The molecule has 2 saturated heterocycles. The number of phenols is 1. The van der Waals surface area contributed by atoms with Crippen molar-refractivity contribution in [3.8, 4) is 5.75 Å². The molecule has 1 aromatic carbocycles. The van der Waals surface area contributed by atoms with Gasteiger partial charge in [0.05, 0.1) is 17.8 Å². The first-order valence-corrected chi connectivity index (χ1v) is 6.41. The van der Waals surface area contributed by atoms with Gasteiger partial charge in [-0.2, -0.15) is 0 Å². The number of aromatic hydroxyl groups is 1. The highest BCUT2D eigenvalue weighted by atomic mass is 16.4. The number of piperazine rings is 1. The summed E-state index contributed by atoms with van der Waals surface area (Å²) in [5, 5.41) is 18.9. The predicted octanol–water partition coefficient (Wildman–Crippen LogP) is 1.31. The van der Waals surface area contributed by atoms with Crippen LogP contribution in [0.1, 0.15) is 12.8 Å². The van der Waals surface area contributed by atoms with E-state index in [2.05, 4.69) is 4.90 Å². The van der Waals surface area contributed by atoms with Crippen LogP contribution in [0.25, 0.3) is 0 Å². The zero-order chi connectivity index (χ0) is 13.6. The Labute approximate surface area is 111 Å². The summed E-state index contributed by atoms with van der Waals surface area (Å²) < 4.78 is 0. The number of hydrogen-bond donors (Lipinski definition) is 3. The number of rotatable bonds is 1. The van der Waals surface area contributed by atoms with E-state index in [0.29, 0.717) is 18.8 Å². The minimum atomic E-state index is -0.827. The number of nitrogens with zero attached hydrogens (tertiary/aromatic N) is 2. The molecule has 0 saturated carbocycles. The Morgan fingerprint density at radius 2 is 1.89 bits per heavy atom. The summed E-state index contributed by atoms with van der Waals surface area (Å²) in [6.45, 7) is 1.35. The highest BCUT2D eigenvalue weighted by Gasteiger charge is 2.42. The molecule has 6 heteroatoms. The van der Waals surface area contributed by atoms with Gasteiger partial charge in [0.15, 0.2) is 0 Å². The fraction of sp³-hybridized carbons (Fsp3) is 0.462. The van der Waals surface area contributed by atoms with Gasteiger partial charge in [0.25, 0.3) is 0 Å². The highest BCUT2D eigenvalue weighted by Crippen LogP contribution is 2.34. The Hall–Kier alpha value is -2.11. The number of benzene rings is 1. The van der Waals surface area contributed by atoms with E-state index < -0.39 is 6.09 Å². The second-order valence-electron chi connectivity index (χ2n) is 5.22. The summed E-state index contributed by atoms with van der Waals surface area (Å²) in [7, 11) is 0. The molecule has 0 spiro atoms. The highest BCUT2D eigenvalue weighted by molar-refractivity contribution is 5.68. The van der Waals surface area contributed by atoms with Gasteiger partial charge >= 0.3 is 6.09 Å². The van der Waals surface area contributed by atoms with E-state index in [1.807, 2.05) is 6.07 Å². The van der Waals surface area contributed by atoms with Crippen LogP contribution in [0.5, 0.6) is 5.75 Å². The fourth-order valence-electron chi connectivity index (χ4n) is 3.15. The summed E-state index contributed by atoms with van der Waals surface area (Å²) in [6.07, 6.45) is 0.996. The fourth-order valence-corrected chi connectivity index (χ4v) is 3.15. The topological polar surface area (TPSA) is 90.0 Å². The molecular weight excluding hydrogens is 246 g/mol. The lowest BCUT2D eigenvalue weighted by Gasteiger charge is -2.40. The Bertz CT molecular complexity index is 506. The number of carboxylic acid groups (broad SMARTS) is 1. The number of nitrogen functional groups attached to an aromatic ring is 1. The predicted molar refractivity (Wildman–Crippen MR) is 71.4 cm³/mol. The van der Waals surface area contributed by atoms with Crippen LogP contribution in [0.15, 0.2) is 18.2 Å². The van der Waals surface area contributed by atoms with E-state index in [4.69, 9.17) is 5.73 Å². The summed E-state index contributed by atoms with van der Waals surface area (Å²) in [4.78, 5) is 14.9. The van der Waals surface area contributed by atoms with Gasteiger partial charge in [-0.1, -0.05) is 0 Å². The molecule has 0 radical (unpaired) electrons. The number of anilines is 2. The maximum atomic E-state index is 11.2. The molecule has 4 N–H and O–H groups in total. The van der Waals surface area contributed by atoms with Crippen LogP contribution in [-0.2, 0) is 0 Å². The molecule has 6 nitrogen and oxygen atoms in total. The molecule has 102 valence electrons. The Morgan fingerprint density at radius 3 is 2.42 bits per heavy atom. The minimum Gasteiger partial charge on any atom is -0.506 e. The number of nitrogens with two attached hydrogens (primary N) is 1. The van der Waals surface area contributed by atoms with Crippen LogP contribution in [0, 0.1) is 0 Å². The summed E-state index contributed by atoms with van der Waals surface area (Å²) in [5.41, 5.74) is 6.85. The maximum Gasteiger partial charge on any atom is 0.407 e. The van der Waals surface area contributed by atoms with Crippen molar-refractivity contribution in [2.24, 2.45) is 0 Å². The molecule has 19 heavy (non-hydrogen) atoms. The first-order chi connectivity index (χ1) is 9.06. The third-order valence-corrected chi connectivity index (χ3v) is 4.08. The molecule has 2 heterocycles. The van der Waals surface area contributed by atoms with Crippen molar-refractivity contribution >= 4 is 17.5 Å². The Kier molecular flexibility index (Phi) is 2.66. The van der Waals surface area contributed by atoms with Crippen molar-refractivity contribution in [3.63, 3.8) is 0 Å². The lowest BCUT2D eigenvalue weighted by atomic mass is 10.1. The molecule has 2 unspecified atom stereocenters. The standard InChI is InChI=1S/C13H17N3O3/c14-11-4-3-8(5-12(11)17)15-6-9-1-2-10(7-15)16(9)13(18)19/h3-5,9-10,17H,1-2,6-7,14H2,(H,18,19). The van der Waals surface area contributed by atoms with Crippen LogP contribution < -0.4 is 10.6 Å². The molecule has 3 rings (SSSR count). The van der Waals surface area contributed by atoms with Gasteiger partial charge in [-0.15, -0.1) is 0 Å². The zero-order valence-corrected chi connectivity index (χ0v) is 10.5. The van der Waals surface area contributed by atoms with E-state index in [9.17, 15) is 15.0 Å². The Balaban J connectivity index is 1.82. The summed E-state index contributed by atoms with van der Waals surface area (Å²) in [6, 6.07) is 5.29. The number of phenolic OH excluding ortho intramolecular Hbond substituents is 1. The average Bonchev–Trinajstić information content (AvgIpc) is 2.64. The van der Waals surface area contributed by atoms with Gasteiger partial charge in [0, 0.05) is 24.8 Å². The van der Waals surface area contributed by atoms with Gasteiger partial charge in [0.2, 0.25) is 0 Å². The Morgan fingerprint density at radius 1 is 1.26 bits per heavy atom. The van der Waals surface area contributed by atoms with E-state index in [1.54, 1.807) is 17.0 Å². The summed E-state index contributed by atoms with van der Waals surface area (Å²) in [5.74, 6) is 0.0745. The van der Waals surface area contributed by atoms with Crippen molar-refractivity contribution in [2.45, 2.75) is 24.9 Å². The second kappa shape index (κ2) is 4.22. The van der Waals surface area contributed by atoms with Crippen molar-refractivity contribution in [3.05, 3.63) is 18.2 Å². The molecule has 0 aliphatic carbocycles. The number of carbonyl (C=O) groups is 1. The van der Waals surface area contributed by atoms with Crippen LogP contribution in [0.4, 0.5) is 16.2 Å². The first-order valence-electron chi connectivity index (χ1n) is 6.41. The monoisotopic (exact) mass is 263 g/mol. The quantitative estimate of drug-likeness (QED) is 0.525. The molecule has 2 aliphatic rings. The minimum absolute atomic E-state index is 0.0518. The van der Waals surface area contributed by atoms with Gasteiger partial charge in [-0.05, 0) is 25.0 Å². The van der Waals surface area contributed by atoms with Crippen molar-refractivity contribution in [2.75, 3.05) is 23.7 Å². The molecule has 2 atom stereocenters. The third-order valence-electron chi connectivity index (χ3n) is 4.08. The maximum absolute atomic E-state index is 11.2. The third kappa shape index (κ3) is 1.93. The lowest BCUT2D eigenvalue weighted by molar-refractivity contribution is 0.115. The SMILES string of the molecule is Nc1ccc(N2CC3CCC(C2)N3C(=O)O)cc1O. The van der Waals surface area contributed by atoms with Gasteiger partial charge in [-0.3, -0.25) is 4.90 Å². The summed E-state index contributed by atoms with van der Waals surface area (Å²) >= 11 is 0. The van der Waals surface area contributed by atoms with Gasteiger partial charge in [-0.25, -0.2) is 4.79 Å². The molecule has 2 bridgehead atoms. The van der Waals surface area contributed by atoms with E-state index in [1.165, 1.54) is 0 Å². The molecule has 1 amide bonds. The van der Waals surface area contributed by atoms with Crippen LogP contribution in [-0.4, -0.2) is 46.4 Å². The molecule has 0 aromatic heterocycles. The second-order valence-corrected chi connectivity index (χ2v) is 5.22. The first kappa shape index (κ1) is 12.0. The van der Waals surface area contributed by atoms with E-state index >= 15 is 0 Å². The largest absolute Gasteiger partial charge is 0.506 e. The van der Waals surface area contributed by atoms with Crippen LogP contribution in [0.2, 0.25) is 0 Å². The van der Waals surface area contributed by atoms with Crippen molar-refractivity contribution in [1.29, 1.82) is 0 Å².